The second-order valence-electron chi connectivity index (χ2n) is 2.26. The van der Waals surface area contributed by atoms with Crippen LogP contribution in [0.25, 0.3) is 0 Å². The Labute approximate surface area is 55.7 Å². The van der Waals surface area contributed by atoms with E-state index in [9.17, 15) is 0 Å². The third-order valence-electron chi connectivity index (χ3n) is 1.42. The van der Waals surface area contributed by atoms with Gasteiger partial charge in [-0.1, -0.05) is 18.6 Å². The normalized spacial score (nSPS) is 17.2. The smallest absolute Gasteiger partial charge is 0.0813 e. The minimum atomic E-state index is 0.893. The predicted molar refractivity (Wildman–Crippen MR) is 36.2 cm³/mol. The Morgan fingerprint density at radius 2 is 2.44 bits per heavy atom. The molecule has 0 radical (unpaired) electrons. The van der Waals surface area contributed by atoms with Gasteiger partial charge in [0.2, 0.25) is 0 Å². The first kappa shape index (κ1) is 6.52. The van der Waals surface area contributed by atoms with Gasteiger partial charge in [0.25, 0.3) is 0 Å². The van der Waals surface area contributed by atoms with Gasteiger partial charge >= 0.3 is 0 Å². The van der Waals surface area contributed by atoms with Crippen LogP contribution in [0.1, 0.15) is 19.8 Å². The molecule has 3 heteroatoms. The number of unbranched alkanes of at least 4 members (excludes halogenated alkanes) is 1. The van der Waals surface area contributed by atoms with Crippen LogP contribution in [0.5, 0.6) is 0 Å². The van der Waals surface area contributed by atoms with Crippen LogP contribution in [0, 0.1) is 0 Å². The molecule has 52 valence electrons. The standard InChI is InChI=1S/C6H13N3/c1-2-3-5-9-6-4-7-8-9/h2-6H2,1H3. The third-order valence-corrected chi connectivity index (χ3v) is 1.42. The third kappa shape index (κ3) is 2.00. The van der Waals surface area contributed by atoms with E-state index in [2.05, 4.69) is 17.3 Å². The second kappa shape index (κ2) is 3.43. The van der Waals surface area contributed by atoms with Gasteiger partial charge in [0, 0.05) is 6.54 Å². The molecule has 0 aromatic rings. The molecule has 9 heavy (non-hydrogen) atoms. The van der Waals surface area contributed by atoms with Crippen molar-refractivity contribution in [3.8, 4) is 0 Å². The van der Waals surface area contributed by atoms with Crippen LogP contribution >= 0.6 is 0 Å². The minimum absolute atomic E-state index is 0.893. The molecule has 0 saturated heterocycles. The Balaban J connectivity index is 2.05. The molecule has 1 aliphatic rings. The molecule has 0 unspecified atom stereocenters. The lowest BCUT2D eigenvalue weighted by Gasteiger charge is -2.08. The molecule has 0 aromatic carbocycles. The summed E-state index contributed by atoms with van der Waals surface area (Å²) in [7, 11) is 0. The molecule has 0 amide bonds. The Kier molecular flexibility index (Phi) is 2.48. The van der Waals surface area contributed by atoms with Crippen molar-refractivity contribution in [1.82, 2.24) is 5.01 Å². The zero-order valence-corrected chi connectivity index (χ0v) is 5.88. The lowest BCUT2D eigenvalue weighted by molar-refractivity contribution is 0.313. The van der Waals surface area contributed by atoms with E-state index < -0.39 is 0 Å². The van der Waals surface area contributed by atoms with E-state index >= 15 is 0 Å². The van der Waals surface area contributed by atoms with Gasteiger partial charge in [-0.15, -0.1) is 0 Å². The highest BCUT2D eigenvalue weighted by Crippen LogP contribution is 2.01. The summed E-state index contributed by atoms with van der Waals surface area (Å²) in [4.78, 5) is 0. The van der Waals surface area contributed by atoms with Gasteiger partial charge in [-0.05, 0) is 6.42 Å². The summed E-state index contributed by atoms with van der Waals surface area (Å²) in [6, 6.07) is 0. The molecule has 0 fully saturated rings. The maximum Gasteiger partial charge on any atom is 0.0813 e. The maximum atomic E-state index is 3.93. The van der Waals surface area contributed by atoms with Gasteiger partial charge in [0.15, 0.2) is 0 Å². The Hall–Kier alpha value is -0.600. The van der Waals surface area contributed by atoms with Crippen molar-refractivity contribution in [3.63, 3.8) is 0 Å². The molecule has 0 atom stereocenters. The zero-order valence-electron chi connectivity index (χ0n) is 5.88. The molecule has 0 bridgehead atoms. The van der Waals surface area contributed by atoms with Crippen LogP contribution in [0.3, 0.4) is 0 Å². The molecule has 0 aliphatic carbocycles. The molecule has 1 aliphatic heterocycles. The fourth-order valence-electron chi connectivity index (χ4n) is 0.836. The van der Waals surface area contributed by atoms with E-state index in [1.54, 1.807) is 0 Å². The molecular weight excluding hydrogens is 114 g/mol. The van der Waals surface area contributed by atoms with Crippen molar-refractivity contribution in [2.24, 2.45) is 10.3 Å². The molecule has 0 N–H and O–H groups in total. The van der Waals surface area contributed by atoms with Gasteiger partial charge in [-0.2, -0.15) is 5.11 Å². The fourth-order valence-corrected chi connectivity index (χ4v) is 0.836. The predicted octanol–water partition coefficient (Wildman–Crippen LogP) is 1.47. The summed E-state index contributed by atoms with van der Waals surface area (Å²) in [6.07, 6.45) is 2.48. The van der Waals surface area contributed by atoms with E-state index in [0.29, 0.717) is 0 Å². The van der Waals surface area contributed by atoms with Crippen LogP contribution in [-0.2, 0) is 0 Å². The largest absolute Gasteiger partial charge is 0.277 e. The Morgan fingerprint density at radius 3 is 3.00 bits per heavy atom. The average Bonchev–Trinajstić information content (AvgIpc) is 2.34. The van der Waals surface area contributed by atoms with Gasteiger partial charge in [0.1, 0.15) is 0 Å². The molecule has 1 heterocycles. The van der Waals surface area contributed by atoms with Crippen LogP contribution < -0.4 is 0 Å². The van der Waals surface area contributed by atoms with Crippen LogP contribution in [0.4, 0.5) is 0 Å². The highest BCUT2D eigenvalue weighted by molar-refractivity contribution is 4.56. The van der Waals surface area contributed by atoms with Crippen molar-refractivity contribution >= 4 is 0 Å². The zero-order chi connectivity index (χ0) is 6.53. The van der Waals surface area contributed by atoms with Crippen molar-refractivity contribution in [3.05, 3.63) is 0 Å². The molecule has 0 saturated carbocycles. The minimum Gasteiger partial charge on any atom is -0.277 e. The molecule has 0 spiro atoms. The summed E-state index contributed by atoms with van der Waals surface area (Å²) < 4.78 is 0. The Morgan fingerprint density at radius 1 is 1.56 bits per heavy atom. The number of nitrogens with zero attached hydrogens (tertiary/aromatic N) is 3. The van der Waals surface area contributed by atoms with Crippen LogP contribution in [0.15, 0.2) is 10.3 Å². The van der Waals surface area contributed by atoms with Gasteiger partial charge in [0.05, 0.1) is 13.1 Å². The number of hydrogen-bond acceptors (Lipinski definition) is 3. The van der Waals surface area contributed by atoms with E-state index in [1.165, 1.54) is 12.8 Å². The molecule has 3 nitrogen and oxygen atoms in total. The SMILES string of the molecule is CCCCN1CCN=N1. The van der Waals surface area contributed by atoms with Crippen molar-refractivity contribution in [2.45, 2.75) is 19.8 Å². The maximum absolute atomic E-state index is 3.93. The van der Waals surface area contributed by atoms with E-state index in [1.807, 2.05) is 5.01 Å². The Bertz CT molecular complexity index is 100. The lowest BCUT2D eigenvalue weighted by atomic mass is 10.3. The first-order valence-electron chi connectivity index (χ1n) is 3.56. The molecular formula is C6H13N3. The first-order chi connectivity index (χ1) is 4.43. The monoisotopic (exact) mass is 127 g/mol. The topological polar surface area (TPSA) is 28.0 Å². The average molecular weight is 127 g/mol. The summed E-state index contributed by atoms with van der Waals surface area (Å²) in [5, 5.41) is 9.83. The van der Waals surface area contributed by atoms with E-state index in [-0.39, 0.29) is 0 Å². The highest BCUT2D eigenvalue weighted by Gasteiger charge is 2.03. The quantitative estimate of drug-likeness (QED) is 0.564. The van der Waals surface area contributed by atoms with Gasteiger partial charge in [-0.3, -0.25) is 5.01 Å². The molecule has 0 aromatic heterocycles. The van der Waals surface area contributed by atoms with E-state index in [0.717, 1.165) is 19.6 Å². The highest BCUT2D eigenvalue weighted by atomic mass is 15.6. The van der Waals surface area contributed by atoms with Crippen LogP contribution in [0.2, 0.25) is 0 Å². The van der Waals surface area contributed by atoms with Crippen LogP contribution in [-0.4, -0.2) is 24.6 Å². The lowest BCUT2D eigenvalue weighted by Crippen LogP contribution is -2.16. The fraction of sp³-hybridized carbons (Fsp3) is 1.00. The van der Waals surface area contributed by atoms with Crippen molar-refractivity contribution in [2.75, 3.05) is 19.6 Å². The number of hydrogen-bond donors (Lipinski definition) is 0. The summed E-state index contributed by atoms with van der Waals surface area (Å²) in [5.41, 5.74) is 0. The summed E-state index contributed by atoms with van der Waals surface area (Å²) in [5.74, 6) is 0. The van der Waals surface area contributed by atoms with Gasteiger partial charge in [-0.25, -0.2) is 0 Å². The summed E-state index contributed by atoms with van der Waals surface area (Å²) in [6.45, 7) is 5.19. The molecule has 1 rings (SSSR count). The number of rotatable bonds is 3. The van der Waals surface area contributed by atoms with Gasteiger partial charge < -0.3 is 0 Å². The van der Waals surface area contributed by atoms with Crippen molar-refractivity contribution in [1.29, 1.82) is 0 Å². The van der Waals surface area contributed by atoms with Crippen molar-refractivity contribution < 1.29 is 0 Å². The first-order valence-corrected chi connectivity index (χ1v) is 3.56. The second-order valence-corrected chi connectivity index (χ2v) is 2.26. The van der Waals surface area contributed by atoms with E-state index in [4.69, 9.17) is 0 Å². The summed E-state index contributed by atoms with van der Waals surface area (Å²) >= 11 is 0.